The Hall–Kier alpha value is -1.46. The highest BCUT2D eigenvalue weighted by molar-refractivity contribution is 5.86. The molecule has 14 heavy (non-hydrogen) atoms. The second-order valence-corrected chi connectivity index (χ2v) is 3.19. The molecule has 0 atom stereocenters. The van der Waals surface area contributed by atoms with E-state index in [0.29, 0.717) is 6.54 Å². The third kappa shape index (κ3) is 3.97. The van der Waals surface area contributed by atoms with Crippen LogP contribution in [0.1, 0.15) is 13.3 Å². The minimum atomic E-state index is -0.140. The number of amidine groups is 1. The van der Waals surface area contributed by atoms with E-state index < -0.39 is 0 Å². The number of carbonyl (C=O) groups is 1. The fourth-order valence-corrected chi connectivity index (χ4v) is 1.02. The first-order valence-electron chi connectivity index (χ1n) is 4.45. The van der Waals surface area contributed by atoms with Crippen LogP contribution in [0.4, 0.5) is 4.79 Å². The lowest BCUT2D eigenvalue weighted by Crippen LogP contribution is -2.44. The number of hydrogen-bond donors (Lipinski definition) is 2. The predicted octanol–water partition coefficient (Wildman–Crippen LogP) is 0.126. The Morgan fingerprint density at radius 2 is 2.07 bits per heavy atom. The van der Waals surface area contributed by atoms with Gasteiger partial charge in [-0.3, -0.25) is 0 Å². The highest BCUT2D eigenvalue weighted by Gasteiger charge is 2.15. The summed E-state index contributed by atoms with van der Waals surface area (Å²) >= 11 is 0. The zero-order valence-electron chi connectivity index (χ0n) is 8.90. The van der Waals surface area contributed by atoms with Crippen LogP contribution in [0.25, 0.3) is 0 Å². The SMILES string of the molecule is CCCN(CC(N)=NO)C(=O)N(C)C. The molecular weight excluding hydrogens is 184 g/mol. The molecule has 0 saturated carbocycles. The molecule has 6 nitrogen and oxygen atoms in total. The van der Waals surface area contributed by atoms with Gasteiger partial charge in [-0.25, -0.2) is 4.79 Å². The number of urea groups is 1. The number of nitrogens with two attached hydrogens (primary N) is 1. The molecule has 0 fully saturated rings. The second kappa shape index (κ2) is 6.06. The molecule has 0 bridgehead atoms. The fraction of sp³-hybridized carbons (Fsp3) is 0.750. The zero-order chi connectivity index (χ0) is 11.1. The van der Waals surface area contributed by atoms with Gasteiger partial charge in [0.05, 0.1) is 6.54 Å². The van der Waals surface area contributed by atoms with Gasteiger partial charge in [0.15, 0.2) is 5.84 Å². The normalized spacial score (nSPS) is 11.2. The third-order valence-electron chi connectivity index (χ3n) is 1.63. The van der Waals surface area contributed by atoms with E-state index in [4.69, 9.17) is 10.9 Å². The van der Waals surface area contributed by atoms with Crippen LogP contribution in [-0.2, 0) is 0 Å². The van der Waals surface area contributed by atoms with Gasteiger partial charge < -0.3 is 20.7 Å². The van der Waals surface area contributed by atoms with Gasteiger partial charge in [0.1, 0.15) is 0 Å². The maximum absolute atomic E-state index is 11.5. The molecular formula is C8H18N4O2. The molecule has 0 spiro atoms. The zero-order valence-corrected chi connectivity index (χ0v) is 8.90. The summed E-state index contributed by atoms with van der Waals surface area (Å²) in [5.41, 5.74) is 5.33. The van der Waals surface area contributed by atoms with E-state index in [1.807, 2.05) is 6.92 Å². The molecule has 0 aromatic rings. The Labute approximate surface area is 84.0 Å². The van der Waals surface area contributed by atoms with Crippen molar-refractivity contribution < 1.29 is 10.0 Å². The maximum Gasteiger partial charge on any atom is 0.319 e. The minimum absolute atomic E-state index is 0.0358. The number of hydrogen-bond acceptors (Lipinski definition) is 3. The topological polar surface area (TPSA) is 82.2 Å². The fourth-order valence-electron chi connectivity index (χ4n) is 1.02. The van der Waals surface area contributed by atoms with Crippen LogP contribution in [0.3, 0.4) is 0 Å². The lowest BCUT2D eigenvalue weighted by atomic mass is 10.4. The first-order valence-corrected chi connectivity index (χ1v) is 4.45. The van der Waals surface area contributed by atoms with E-state index in [-0.39, 0.29) is 18.4 Å². The van der Waals surface area contributed by atoms with Gasteiger partial charge in [-0.15, -0.1) is 0 Å². The lowest BCUT2D eigenvalue weighted by molar-refractivity contribution is 0.177. The monoisotopic (exact) mass is 202 g/mol. The summed E-state index contributed by atoms with van der Waals surface area (Å²) in [4.78, 5) is 14.5. The summed E-state index contributed by atoms with van der Waals surface area (Å²) < 4.78 is 0. The first kappa shape index (κ1) is 12.5. The average molecular weight is 202 g/mol. The average Bonchev–Trinajstić information content (AvgIpc) is 2.15. The van der Waals surface area contributed by atoms with Crippen LogP contribution in [0.5, 0.6) is 0 Å². The Balaban J connectivity index is 4.36. The van der Waals surface area contributed by atoms with Crippen molar-refractivity contribution in [2.24, 2.45) is 10.9 Å². The van der Waals surface area contributed by atoms with Gasteiger partial charge in [-0.1, -0.05) is 12.1 Å². The van der Waals surface area contributed by atoms with Crippen LogP contribution in [0.2, 0.25) is 0 Å². The largest absolute Gasteiger partial charge is 0.409 e. The van der Waals surface area contributed by atoms with E-state index in [2.05, 4.69) is 5.16 Å². The molecule has 0 aromatic heterocycles. The smallest absolute Gasteiger partial charge is 0.319 e. The van der Waals surface area contributed by atoms with E-state index in [0.717, 1.165) is 6.42 Å². The molecule has 2 amide bonds. The highest BCUT2D eigenvalue weighted by Crippen LogP contribution is 1.96. The summed E-state index contributed by atoms with van der Waals surface area (Å²) in [7, 11) is 3.33. The second-order valence-electron chi connectivity index (χ2n) is 3.19. The van der Waals surface area contributed by atoms with Crippen molar-refractivity contribution in [3.63, 3.8) is 0 Å². The van der Waals surface area contributed by atoms with E-state index in [1.54, 1.807) is 14.1 Å². The van der Waals surface area contributed by atoms with Crippen molar-refractivity contribution >= 4 is 11.9 Å². The van der Waals surface area contributed by atoms with Crippen LogP contribution in [0, 0.1) is 0 Å². The quantitative estimate of drug-likeness (QED) is 0.294. The molecule has 0 heterocycles. The van der Waals surface area contributed by atoms with E-state index in [1.165, 1.54) is 9.80 Å². The van der Waals surface area contributed by atoms with Crippen LogP contribution in [0.15, 0.2) is 5.16 Å². The summed E-state index contributed by atoms with van der Waals surface area (Å²) in [5.74, 6) is 0.0358. The summed E-state index contributed by atoms with van der Waals surface area (Å²) in [6.45, 7) is 2.71. The molecule has 6 heteroatoms. The molecule has 0 aliphatic rings. The van der Waals surface area contributed by atoms with Crippen LogP contribution >= 0.6 is 0 Å². The molecule has 82 valence electrons. The molecule has 0 rings (SSSR count). The predicted molar refractivity (Wildman–Crippen MR) is 54.4 cm³/mol. The van der Waals surface area contributed by atoms with Gasteiger partial charge in [-0.2, -0.15) is 0 Å². The summed E-state index contributed by atoms with van der Waals surface area (Å²) in [5, 5.41) is 11.2. The van der Waals surface area contributed by atoms with Crippen molar-refractivity contribution in [1.82, 2.24) is 9.80 Å². The van der Waals surface area contributed by atoms with Crippen molar-refractivity contribution in [3.8, 4) is 0 Å². The number of rotatable bonds is 4. The van der Waals surface area contributed by atoms with Gasteiger partial charge in [-0.05, 0) is 6.42 Å². The molecule has 0 saturated heterocycles. The van der Waals surface area contributed by atoms with E-state index in [9.17, 15) is 4.79 Å². The lowest BCUT2D eigenvalue weighted by Gasteiger charge is -2.24. The first-order chi connectivity index (χ1) is 6.52. The Morgan fingerprint density at radius 3 is 2.43 bits per heavy atom. The molecule has 3 N–H and O–H groups in total. The van der Waals surface area contributed by atoms with Crippen molar-refractivity contribution in [2.75, 3.05) is 27.2 Å². The van der Waals surface area contributed by atoms with Crippen LogP contribution in [-0.4, -0.2) is 54.1 Å². The van der Waals surface area contributed by atoms with Gasteiger partial charge >= 0.3 is 6.03 Å². The highest BCUT2D eigenvalue weighted by atomic mass is 16.4. The number of nitrogens with zero attached hydrogens (tertiary/aromatic N) is 3. The Bertz CT molecular complexity index is 215. The standard InChI is InChI=1S/C8H18N4O2/c1-4-5-12(6-7(9)10-14)8(13)11(2)3/h14H,4-6H2,1-3H3,(H2,9,10). The molecule has 0 aliphatic heterocycles. The maximum atomic E-state index is 11.5. The van der Waals surface area contributed by atoms with Crippen molar-refractivity contribution in [1.29, 1.82) is 0 Å². The van der Waals surface area contributed by atoms with Gasteiger partial charge in [0, 0.05) is 20.6 Å². The summed E-state index contributed by atoms with van der Waals surface area (Å²) in [6.07, 6.45) is 0.832. The van der Waals surface area contributed by atoms with Crippen LogP contribution < -0.4 is 5.73 Å². The molecule has 0 aliphatic carbocycles. The Morgan fingerprint density at radius 1 is 1.50 bits per heavy atom. The number of carbonyl (C=O) groups excluding carboxylic acids is 1. The molecule has 0 aromatic carbocycles. The number of oxime groups is 1. The third-order valence-corrected chi connectivity index (χ3v) is 1.63. The summed E-state index contributed by atoms with van der Waals surface area (Å²) in [6, 6.07) is -0.140. The van der Waals surface area contributed by atoms with Crippen molar-refractivity contribution in [3.05, 3.63) is 0 Å². The van der Waals surface area contributed by atoms with Gasteiger partial charge in [0.25, 0.3) is 0 Å². The van der Waals surface area contributed by atoms with Crippen molar-refractivity contribution in [2.45, 2.75) is 13.3 Å². The number of amides is 2. The van der Waals surface area contributed by atoms with E-state index >= 15 is 0 Å². The molecule has 0 radical (unpaired) electrons. The minimum Gasteiger partial charge on any atom is -0.409 e. The Kier molecular flexibility index (Phi) is 5.43. The molecule has 0 unspecified atom stereocenters. The van der Waals surface area contributed by atoms with Gasteiger partial charge in [0.2, 0.25) is 0 Å².